The molecule has 1 saturated carbocycles. The summed E-state index contributed by atoms with van der Waals surface area (Å²) in [6, 6.07) is 6.58. The van der Waals surface area contributed by atoms with Crippen LogP contribution < -0.4 is 10.6 Å². The number of hydrogen-bond acceptors (Lipinski definition) is 4. The molecule has 0 radical (unpaired) electrons. The van der Waals surface area contributed by atoms with Crippen molar-refractivity contribution in [3.63, 3.8) is 0 Å². The van der Waals surface area contributed by atoms with Crippen molar-refractivity contribution in [3.05, 3.63) is 29.8 Å². The van der Waals surface area contributed by atoms with Crippen LogP contribution >= 0.6 is 0 Å². The molecule has 0 atom stereocenters. The van der Waals surface area contributed by atoms with Crippen LogP contribution in [0.1, 0.15) is 37.0 Å². The lowest BCUT2D eigenvalue weighted by molar-refractivity contribution is -0.134. The van der Waals surface area contributed by atoms with Gasteiger partial charge in [-0.25, -0.2) is 4.79 Å². The predicted octanol–water partition coefficient (Wildman–Crippen LogP) is 1.96. The van der Waals surface area contributed by atoms with Crippen LogP contribution in [-0.4, -0.2) is 31.4 Å². The predicted molar refractivity (Wildman–Crippen MR) is 85.9 cm³/mol. The van der Waals surface area contributed by atoms with E-state index in [1.54, 1.807) is 24.3 Å². The van der Waals surface area contributed by atoms with Crippen LogP contribution in [0.5, 0.6) is 0 Å². The maximum absolute atomic E-state index is 12.5. The molecular weight excluding hydrogens is 296 g/mol. The summed E-state index contributed by atoms with van der Waals surface area (Å²) in [5.74, 6) is -0.845. The smallest absolute Gasteiger partial charge is 0.339 e. The van der Waals surface area contributed by atoms with Crippen molar-refractivity contribution in [3.8, 4) is 0 Å². The second-order valence-electron chi connectivity index (χ2n) is 6.18. The number of para-hydroxylation sites is 1. The Hall–Kier alpha value is -2.37. The fourth-order valence-corrected chi connectivity index (χ4v) is 2.27. The minimum atomic E-state index is -1.02. The van der Waals surface area contributed by atoms with Gasteiger partial charge in [0.05, 0.1) is 18.4 Å². The fourth-order valence-electron chi connectivity index (χ4n) is 2.27. The number of nitrogens with one attached hydrogen (secondary N) is 2. The molecule has 0 saturated heterocycles. The van der Waals surface area contributed by atoms with E-state index in [-0.39, 0.29) is 17.4 Å². The lowest BCUT2D eigenvalue weighted by atomic mass is 10.0. The van der Waals surface area contributed by atoms with Crippen molar-refractivity contribution in [2.24, 2.45) is 11.3 Å². The van der Waals surface area contributed by atoms with Gasteiger partial charge in [-0.3, -0.25) is 9.59 Å². The van der Waals surface area contributed by atoms with Crippen LogP contribution in [0.15, 0.2) is 24.3 Å². The van der Waals surface area contributed by atoms with Gasteiger partial charge in [-0.15, -0.1) is 0 Å². The first-order valence-electron chi connectivity index (χ1n) is 7.68. The lowest BCUT2D eigenvalue weighted by Crippen LogP contribution is -2.41. The number of carbonyl (C=O) groups excluding carboxylic acids is 3. The zero-order chi connectivity index (χ0) is 17.0. The highest BCUT2D eigenvalue weighted by Gasteiger charge is 2.56. The molecule has 1 aliphatic rings. The molecule has 1 aromatic rings. The van der Waals surface area contributed by atoms with Crippen LogP contribution in [0.25, 0.3) is 0 Å². The monoisotopic (exact) mass is 318 g/mol. The van der Waals surface area contributed by atoms with E-state index in [2.05, 4.69) is 10.6 Å². The molecule has 2 rings (SSSR count). The topological polar surface area (TPSA) is 84.5 Å². The fraction of sp³-hybridized carbons (Fsp3) is 0.471. The van der Waals surface area contributed by atoms with Crippen LogP contribution in [0.3, 0.4) is 0 Å². The van der Waals surface area contributed by atoms with Gasteiger partial charge in [0.2, 0.25) is 11.8 Å². The van der Waals surface area contributed by atoms with E-state index in [0.29, 0.717) is 31.0 Å². The van der Waals surface area contributed by atoms with Crippen molar-refractivity contribution < 1.29 is 19.1 Å². The van der Waals surface area contributed by atoms with Crippen molar-refractivity contribution in [2.45, 2.75) is 26.7 Å². The number of esters is 1. The van der Waals surface area contributed by atoms with Gasteiger partial charge in [0.15, 0.2) is 0 Å². The average molecular weight is 318 g/mol. The molecule has 1 aliphatic carbocycles. The number of anilines is 1. The van der Waals surface area contributed by atoms with Gasteiger partial charge in [0.25, 0.3) is 0 Å². The third-order valence-corrected chi connectivity index (χ3v) is 3.87. The number of hydrogen-bond donors (Lipinski definition) is 2. The Labute approximate surface area is 135 Å². The summed E-state index contributed by atoms with van der Waals surface area (Å²) in [6.07, 6.45) is 1.03. The molecule has 23 heavy (non-hydrogen) atoms. The Morgan fingerprint density at radius 1 is 1.17 bits per heavy atom. The van der Waals surface area contributed by atoms with E-state index in [0.717, 1.165) is 0 Å². The van der Waals surface area contributed by atoms with E-state index >= 15 is 0 Å². The number of benzene rings is 1. The highest BCUT2D eigenvalue weighted by atomic mass is 16.5. The standard InChI is InChI=1S/C17H22N2O4/c1-11(2)10-18-15(21)17(8-9-17)16(22)19-13-7-5-4-6-12(13)14(20)23-3/h4-7,11H,8-10H2,1-3H3,(H,18,21)(H,19,22). The van der Waals surface area contributed by atoms with Gasteiger partial charge >= 0.3 is 5.97 Å². The second-order valence-corrected chi connectivity index (χ2v) is 6.18. The molecule has 0 heterocycles. The first kappa shape index (κ1) is 17.0. The molecule has 124 valence electrons. The maximum Gasteiger partial charge on any atom is 0.339 e. The number of methoxy groups -OCH3 is 1. The summed E-state index contributed by atoms with van der Waals surface area (Å²) >= 11 is 0. The van der Waals surface area contributed by atoms with Crippen molar-refractivity contribution in [1.29, 1.82) is 0 Å². The van der Waals surface area contributed by atoms with Gasteiger partial charge in [0.1, 0.15) is 5.41 Å². The Bertz CT molecular complexity index is 621. The van der Waals surface area contributed by atoms with Gasteiger partial charge in [-0.1, -0.05) is 26.0 Å². The van der Waals surface area contributed by atoms with E-state index < -0.39 is 11.4 Å². The van der Waals surface area contributed by atoms with Gasteiger partial charge in [-0.2, -0.15) is 0 Å². The Morgan fingerprint density at radius 3 is 2.39 bits per heavy atom. The maximum atomic E-state index is 12.5. The molecule has 0 bridgehead atoms. The van der Waals surface area contributed by atoms with Gasteiger partial charge in [-0.05, 0) is 30.9 Å². The van der Waals surface area contributed by atoms with E-state index in [1.807, 2.05) is 13.8 Å². The van der Waals surface area contributed by atoms with Gasteiger partial charge < -0.3 is 15.4 Å². The van der Waals surface area contributed by atoms with Crippen molar-refractivity contribution >= 4 is 23.5 Å². The van der Waals surface area contributed by atoms with Crippen LogP contribution in [-0.2, 0) is 14.3 Å². The highest BCUT2D eigenvalue weighted by Crippen LogP contribution is 2.47. The molecule has 2 amide bonds. The summed E-state index contributed by atoms with van der Waals surface area (Å²) in [6.45, 7) is 4.52. The number of ether oxygens (including phenoxy) is 1. The zero-order valence-corrected chi connectivity index (χ0v) is 13.6. The number of carbonyl (C=O) groups is 3. The highest BCUT2D eigenvalue weighted by molar-refractivity contribution is 6.14. The Balaban J connectivity index is 2.11. The van der Waals surface area contributed by atoms with Crippen LogP contribution in [0, 0.1) is 11.3 Å². The first-order valence-corrected chi connectivity index (χ1v) is 7.68. The molecule has 6 nitrogen and oxygen atoms in total. The quantitative estimate of drug-likeness (QED) is 0.620. The largest absolute Gasteiger partial charge is 0.465 e. The lowest BCUT2D eigenvalue weighted by Gasteiger charge is -2.17. The van der Waals surface area contributed by atoms with Gasteiger partial charge in [0, 0.05) is 6.54 Å². The van der Waals surface area contributed by atoms with E-state index in [1.165, 1.54) is 7.11 Å². The molecule has 1 fully saturated rings. The average Bonchev–Trinajstić information content (AvgIpc) is 3.34. The third kappa shape index (κ3) is 3.70. The minimum absolute atomic E-state index is 0.251. The van der Waals surface area contributed by atoms with E-state index in [4.69, 9.17) is 4.74 Å². The normalized spacial score (nSPS) is 15.0. The summed E-state index contributed by atoms with van der Waals surface area (Å²) < 4.78 is 4.70. The zero-order valence-electron chi connectivity index (χ0n) is 13.6. The molecule has 0 unspecified atom stereocenters. The summed E-state index contributed by atoms with van der Waals surface area (Å²) in [5.41, 5.74) is -0.396. The number of amides is 2. The Morgan fingerprint density at radius 2 is 1.83 bits per heavy atom. The molecule has 0 spiro atoms. The first-order chi connectivity index (χ1) is 10.9. The van der Waals surface area contributed by atoms with Crippen LogP contribution in [0.4, 0.5) is 5.69 Å². The minimum Gasteiger partial charge on any atom is -0.465 e. The number of rotatable bonds is 6. The Kier molecular flexibility index (Phi) is 5.03. The summed E-state index contributed by atoms with van der Waals surface area (Å²) in [5, 5.41) is 5.51. The molecule has 1 aromatic carbocycles. The summed E-state index contributed by atoms with van der Waals surface area (Å²) in [4.78, 5) is 36.5. The molecular formula is C17H22N2O4. The third-order valence-electron chi connectivity index (χ3n) is 3.87. The van der Waals surface area contributed by atoms with Crippen molar-refractivity contribution in [2.75, 3.05) is 19.0 Å². The molecule has 0 aliphatic heterocycles. The molecule has 2 N–H and O–H groups in total. The van der Waals surface area contributed by atoms with Crippen molar-refractivity contribution in [1.82, 2.24) is 5.32 Å². The molecule has 6 heteroatoms. The molecule has 0 aromatic heterocycles. The SMILES string of the molecule is COC(=O)c1ccccc1NC(=O)C1(C(=O)NCC(C)C)CC1. The van der Waals surface area contributed by atoms with E-state index in [9.17, 15) is 14.4 Å². The summed E-state index contributed by atoms with van der Waals surface area (Å²) in [7, 11) is 1.28. The van der Waals surface area contributed by atoms with Crippen LogP contribution in [0.2, 0.25) is 0 Å². The second kappa shape index (κ2) is 6.81.